The van der Waals surface area contributed by atoms with E-state index in [-0.39, 0.29) is 30.8 Å². The zero-order chi connectivity index (χ0) is 19.0. The number of hydrogen-bond donors (Lipinski definition) is 2. The fourth-order valence-electron chi connectivity index (χ4n) is 3.20. The summed E-state index contributed by atoms with van der Waals surface area (Å²) in [4.78, 5) is 12.5. The van der Waals surface area contributed by atoms with E-state index < -0.39 is 10.0 Å². The Hall–Kier alpha value is -1.15. The number of nitrogens with one attached hydrogen (secondary N) is 1. The zero-order valence-corrected chi connectivity index (χ0v) is 17.7. The molecule has 0 radical (unpaired) electrons. The van der Waals surface area contributed by atoms with Crippen LogP contribution in [0.25, 0.3) is 0 Å². The molecule has 1 atom stereocenters. The van der Waals surface area contributed by atoms with Crippen molar-refractivity contribution in [3.63, 3.8) is 0 Å². The molecule has 1 aromatic rings. The Morgan fingerprint density at radius 3 is 2.37 bits per heavy atom. The average molecular weight is 418 g/mol. The summed E-state index contributed by atoms with van der Waals surface area (Å²) in [5.74, 6) is -0.0804. The molecule has 1 aliphatic rings. The second-order valence-electron chi connectivity index (χ2n) is 6.93. The number of rotatable bonds is 9. The van der Waals surface area contributed by atoms with Crippen molar-refractivity contribution in [1.82, 2.24) is 9.62 Å². The molecule has 0 aliphatic carbocycles. The second kappa shape index (κ2) is 11.6. The molecule has 1 aliphatic heterocycles. The Balaban J connectivity index is 0.00000364. The molecule has 1 heterocycles. The quantitative estimate of drug-likeness (QED) is 0.645. The molecule has 1 saturated heterocycles. The Bertz CT molecular complexity index is 674. The molecule has 8 heteroatoms. The number of hydrogen-bond acceptors (Lipinski definition) is 4. The first-order chi connectivity index (χ1) is 12.5. The van der Waals surface area contributed by atoms with Crippen molar-refractivity contribution in [1.29, 1.82) is 0 Å². The minimum absolute atomic E-state index is 0. The molecule has 27 heavy (non-hydrogen) atoms. The van der Waals surface area contributed by atoms with Crippen molar-refractivity contribution in [3.05, 3.63) is 29.8 Å². The van der Waals surface area contributed by atoms with Crippen LogP contribution in [0.15, 0.2) is 29.2 Å². The van der Waals surface area contributed by atoms with Gasteiger partial charge >= 0.3 is 0 Å². The molecule has 3 N–H and O–H groups in total. The van der Waals surface area contributed by atoms with E-state index in [1.54, 1.807) is 28.6 Å². The summed E-state index contributed by atoms with van der Waals surface area (Å²) in [6, 6.07) is 6.65. The Morgan fingerprint density at radius 1 is 1.19 bits per heavy atom. The number of unbranched alkanes of at least 4 members (excludes halogenated alkanes) is 1. The van der Waals surface area contributed by atoms with Crippen LogP contribution in [0.5, 0.6) is 0 Å². The maximum absolute atomic E-state index is 12.6. The van der Waals surface area contributed by atoms with Crippen LogP contribution in [0.1, 0.15) is 51.0 Å². The van der Waals surface area contributed by atoms with Gasteiger partial charge in [-0.3, -0.25) is 4.79 Å². The maximum Gasteiger partial charge on any atom is 0.243 e. The molecule has 1 aromatic carbocycles. The lowest BCUT2D eigenvalue weighted by Gasteiger charge is -2.25. The minimum atomic E-state index is -3.42. The molecule has 2 rings (SSSR count). The van der Waals surface area contributed by atoms with Gasteiger partial charge in [0.05, 0.1) is 11.3 Å². The van der Waals surface area contributed by atoms with E-state index >= 15 is 0 Å². The third kappa shape index (κ3) is 7.07. The average Bonchev–Trinajstić information content (AvgIpc) is 2.66. The van der Waals surface area contributed by atoms with Crippen molar-refractivity contribution in [3.8, 4) is 0 Å². The highest BCUT2D eigenvalue weighted by molar-refractivity contribution is 7.89. The molecular formula is C19H32ClN3O3S. The SMILES string of the molecule is CCCCC(CN)NC(=O)Cc1ccc(S(=O)(=O)N2CCCCC2)cc1.Cl. The van der Waals surface area contributed by atoms with Crippen molar-refractivity contribution < 1.29 is 13.2 Å². The van der Waals surface area contributed by atoms with E-state index in [2.05, 4.69) is 12.2 Å². The van der Waals surface area contributed by atoms with Crippen molar-refractivity contribution >= 4 is 28.3 Å². The summed E-state index contributed by atoms with van der Waals surface area (Å²) in [6.07, 6.45) is 6.13. The van der Waals surface area contributed by atoms with E-state index in [1.165, 1.54) is 0 Å². The minimum Gasteiger partial charge on any atom is -0.352 e. The molecule has 0 aromatic heterocycles. The second-order valence-corrected chi connectivity index (χ2v) is 8.87. The number of halogens is 1. The van der Waals surface area contributed by atoms with Crippen LogP contribution in [0.3, 0.4) is 0 Å². The normalized spacial score (nSPS) is 16.4. The molecule has 0 saturated carbocycles. The fraction of sp³-hybridized carbons (Fsp3) is 0.632. The van der Waals surface area contributed by atoms with Crippen LogP contribution in [0, 0.1) is 0 Å². The molecular weight excluding hydrogens is 386 g/mol. The summed E-state index contributed by atoms with van der Waals surface area (Å²) in [6.45, 7) is 3.71. The lowest BCUT2D eigenvalue weighted by molar-refractivity contribution is -0.121. The Morgan fingerprint density at radius 2 is 1.81 bits per heavy atom. The molecule has 1 fully saturated rings. The van der Waals surface area contributed by atoms with Gasteiger partial charge < -0.3 is 11.1 Å². The molecule has 1 unspecified atom stereocenters. The highest BCUT2D eigenvalue weighted by Gasteiger charge is 2.25. The standard InChI is InChI=1S/C19H31N3O3S.ClH/c1-2-3-7-17(15-20)21-19(23)14-16-8-10-18(11-9-16)26(24,25)22-12-5-4-6-13-22;/h8-11,17H,2-7,12-15,20H2,1H3,(H,21,23);1H. The van der Waals surface area contributed by atoms with Crippen molar-refractivity contribution in [2.75, 3.05) is 19.6 Å². The van der Waals surface area contributed by atoms with Crippen LogP contribution in [-0.2, 0) is 21.2 Å². The topological polar surface area (TPSA) is 92.5 Å². The lowest BCUT2D eigenvalue weighted by Crippen LogP contribution is -2.40. The van der Waals surface area contributed by atoms with Crippen LogP contribution in [0.4, 0.5) is 0 Å². The van der Waals surface area contributed by atoms with E-state index in [0.717, 1.165) is 44.1 Å². The maximum atomic E-state index is 12.6. The van der Waals surface area contributed by atoms with Crippen LogP contribution in [0.2, 0.25) is 0 Å². The fourth-order valence-corrected chi connectivity index (χ4v) is 4.71. The van der Waals surface area contributed by atoms with E-state index in [4.69, 9.17) is 5.73 Å². The first-order valence-electron chi connectivity index (χ1n) is 9.56. The first kappa shape index (κ1) is 23.9. The number of benzene rings is 1. The number of piperidine rings is 1. The summed E-state index contributed by atoms with van der Waals surface area (Å²) >= 11 is 0. The molecule has 0 spiro atoms. The van der Waals surface area contributed by atoms with Crippen LogP contribution >= 0.6 is 12.4 Å². The van der Waals surface area contributed by atoms with Gasteiger partial charge in [0.1, 0.15) is 0 Å². The molecule has 0 bridgehead atoms. The van der Waals surface area contributed by atoms with Gasteiger partial charge in [-0.15, -0.1) is 12.4 Å². The number of nitrogens with zero attached hydrogens (tertiary/aromatic N) is 1. The highest BCUT2D eigenvalue weighted by atomic mass is 35.5. The van der Waals surface area contributed by atoms with Gasteiger partial charge in [-0.05, 0) is 37.0 Å². The van der Waals surface area contributed by atoms with Gasteiger partial charge in [0.25, 0.3) is 0 Å². The number of nitrogens with two attached hydrogens (primary N) is 1. The number of sulfonamides is 1. The summed E-state index contributed by atoms with van der Waals surface area (Å²) in [5.41, 5.74) is 6.51. The Labute approximate surface area is 169 Å². The summed E-state index contributed by atoms with van der Waals surface area (Å²) in [7, 11) is -3.42. The lowest BCUT2D eigenvalue weighted by atomic mass is 10.1. The molecule has 154 valence electrons. The van der Waals surface area contributed by atoms with Gasteiger partial charge in [0, 0.05) is 25.7 Å². The predicted molar refractivity (Wildman–Crippen MR) is 111 cm³/mol. The summed E-state index contributed by atoms with van der Waals surface area (Å²) < 4.78 is 26.8. The predicted octanol–water partition coefficient (Wildman–Crippen LogP) is 2.46. The van der Waals surface area contributed by atoms with Gasteiger partial charge in [-0.25, -0.2) is 8.42 Å². The van der Waals surface area contributed by atoms with E-state index in [1.807, 2.05) is 0 Å². The highest BCUT2D eigenvalue weighted by Crippen LogP contribution is 2.21. The number of carbonyl (C=O) groups excluding carboxylic acids is 1. The third-order valence-corrected chi connectivity index (χ3v) is 6.71. The van der Waals surface area contributed by atoms with E-state index in [0.29, 0.717) is 24.5 Å². The van der Waals surface area contributed by atoms with Gasteiger partial charge in [-0.1, -0.05) is 38.3 Å². The van der Waals surface area contributed by atoms with Crippen molar-refractivity contribution in [2.24, 2.45) is 5.73 Å². The largest absolute Gasteiger partial charge is 0.352 e. The first-order valence-corrected chi connectivity index (χ1v) is 11.0. The molecule has 1 amide bonds. The third-order valence-electron chi connectivity index (χ3n) is 4.80. The molecule has 6 nitrogen and oxygen atoms in total. The van der Waals surface area contributed by atoms with Crippen LogP contribution in [-0.4, -0.2) is 44.3 Å². The number of amides is 1. The van der Waals surface area contributed by atoms with Crippen LogP contribution < -0.4 is 11.1 Å². The monoisotopic (exact) mass is 417 g/mol. The number of carbonyl (C=O) groups is 1. The zero-order valence-electron chi connectivity index (χ0n) is 16.0. The van der Waals surface area contributed by atoms with Gasteiger partial charge in [0.15, 0.2) is 0 Å². The van der Waals surface area contributed by atoms with E-state index in [9.17, 15) is 13.2 Å². The van der Waals surface area contributed by atoms with Gasteiger partial charge in [0.2, 0.25) is 15.9 Å². The van der Waals surface area contributed by atoms with Gasteiger partial charge in [-0.2, -0.15) is 4.31 Å². The van der Waals surface area contributed by atoms with Crippen molar-refractivity contribution in [2.45, 2.75) is 62.8 Å². The summed E-state index contributed by atoms with van der Waals surface area (Å²) in [5, 5.41) is 2.96. The Kier molecular flexibility index (Phi) is 10.3. The smallest absolute Gasteiger partial charge is 0.243 e.